The van der Waals surface area contributed by atoms with Crippen molar-refractivity contribution in [1.82, 2.24) is 9.99 Å². The molecule has 0 atom stereocenters. The van der Waals surface area contributed by atoms with Gasteiger partial charge in [0.05, 0.1) is 18.0 Å². The minimum Gasteiger partial charge on any atom is -0.490 e. The molecule has 1 aromatic carbocycles. The summed E-state index contributed by atoms with van der Waals surface area (Å²) in [7, 11) is 1.92. The quantitative estimate of drug-likeness (QED) is 0.681. The maximum Gasteiger partial charge on any atom is 0.271 e. The Hall–Kier alpha value is -2.56. The monoisotopic (exact) mass is 311 g/mol. The second kappa shape index (κ2) is 7.13. The summed E-state index contributed by atoms with van der Waals surface area (Å²) in [5, 5.41) is 3.98. The normalized spacial score (nSPS) is 15.2. The van der Waals surface area contributed by atoms with Crippen LogP contribution in [0.1, 0.15) is 41.7 Å². The van der Waals surface area contributed by atoms with Crippen molar-refractivity contribution in [1.29, 1.82) is 0 Å². The second-order valence-electron chi connectivity index (χ2n) is 5.79. The molecule has 3 rings (SSSR count). The van der Waals surface area contributed by atoms with Gasteiger partial charge in [0, 0.05) is 18.8 Å². The van der Waals surface area contributed by atoms with Crippen LogP contribution in [0.5, 0.6) is 5.75 Å². The molecule has 1 heterocycles. The number of ether oxygens (including phenoxy) is 1. The number of hydrogen-bond donors (Lipinski definition) is 1. The van der Waals surface area contributed by atoms with E-state index in [1.165, 1.54) is 12.8 Å². The van der Waals surface area contributed by atoms with Gasteiger partial charge in [0.25, 0.3) is 5.91 Å². The molecule has 0 aliphatic heterocycles. The Morgan fingerprint density at radius 3 is 2.65 bits per heavy atom. The number of nitrogens with one attached hydrogen (secondary N) is 1. The molecule has 1 saturated carbocycles. The number of carbonyl (C=O) groups excluding carboxylic acids is 1. The zero-order valence-electron chi connectivity index (χ0n) is 13.2. The van der Waals surface area contributed by atoms with Gasteiger partial charge < -0.3 is 9.30 Å². The molecule has 1 amide bonds. The minimum atomic E-state index is -0.233. The Labute approximate surface area is 136 Å². The Morgan fingerprint density at radius 1 is 1.26 bits per heavy atom. The number of carbonyl (C=O) groups is 1. The van der Waals surface area contributed by atoms with E-state index in [0.29, 0.717) is 11.7 Å². The van der Waals surface area contributed by atoms with Gasteiger partial charge in [-0.25, -0.2) is 5.43 Å². The summed E-state index contributed by atoms with van der Waals surface area (Å²) in [4.78, 5) is 12.0. The third-order valence-corrected chi connectivity index (χ3v) is 4.07. The van der Waals surface area contributed by atoms with Crippen molar-refractivity contribution in [2.24, 2.45) is 12.1 Å². The first-order chi connectivity index (χ1) is 11.2. The van der Waals surface area contributed by atoms with Crippen LogP contribution < -0.4 is 10.2 Å². The highest BCUT2D eigenvalue weighted by atomic mass is 16.5. The average molecular weight is 311 g/mol. The van der Waals surface area contributed by atoms with Crippen molar-refractivity contribution in [3.63, 3.8) is 0 Å². The largest absolute Gasteiger partial charge is 0.490 e. The van der Waals surface area contributed by atoms with E-state index >= 15 is 0 Å². The fraction of sp³-hybridized carbons (Fsp3) is 0.333. The molecular weight excluding hydrogens is 290 g/mol. The molecule has 1 N–H and O–H groups in total. The summed E-state index contributed by atoms with van der Waals surface area (Å²) in [5.41, 5.74) is 4.02. The van der Waals surface area contributed by atoms with Crippen LogP contribution >= 0.6 is 0 Å². The van der Waals surface area contributed by atoms with E-state index in [4.69, 9.17) is 4.74 Å². The SMILES string of the molecule is Cn1cccc1/C=N\NC(=O)c1ccc(OC2CCCC2)cc1. The first-order valence-electron chi connectivity index (χ1n) is 7.94. The summed E-state index contributed by atoms with van der Waals surface area (Å²) in [6, 6.07) is 11.1. The molecule has 5 heteroatoms. The fourth-order valence-corrected chi connectivity index (χ4v) is 2.71. The van der Waals surface area contributed by atoms with Crippen molar-refractivity contribution in [2.75, 3.05) is 0 Å². The minimum absolute atomic E-state index is 0.233. The number of rotatable bonds is 5. The summed E-state index contributed by atoms with van der Waals surface area (Å²) >= 11 is 0. The maximum atomic E-state index is 12.0. The first kappa shape index (κ1) is 15.3. The molecule has 0 spiro atoms. The van der Waals surface area contributed by atoms with Crippen LogP contribution in [0, 0.1) is 0 Å². The Kier molecular flexibility index (Phi) is 4.76. The molecule has 0 unspecified atom stereocenters. The van der Waals surface area contributed by atoms with Crippen molar-refractivity contribution < 1.29 is 9.53 Å². The van der Waals surface area contributed by atoms with E-state index in [9.17, 15) is 4.79 Å². The average Bonchev–Trinajstić information content (AvgIpc) is 3.20. The Morgan fingerprint density at radius 2 is 2.00 bits per heavy atom. The Balaban J connectivity index is 1.55. The van der Waals surface area contributed by atoms with Crippen LogP contribution in [-0.4, -0.2) is 22.8 Å². The third-order valence-electron chi connectivity index (χ3n) is 4.07. The standard InChI is InChI=1S/C18H21N3O2/c1-21-12-4-5-15(21)13-19-20-18(22)14-8-10-17(11-9-14)23-16-6-2-3-7-16/h4-5,8-13,16H,2-3,6-7H2,1H3,(H,20,22)/b19-13-. The Bertz CT molecular complexity index is 683. The van der Waals surface area contributed by atoms with Crippen LogP contribution in [0.25, 0.3) is 0 Å². The maximum absolute atomic E-state index is 12.0. The van der Waals surface area contributed by atoms with Crippen molar-refractivity contribution >= 4 is 12.1 Å². The number of nitrogens with zero attached hydrogens (tertiary/aromatic N) is 2. The van der Waals surface area contributed by atoms with E-state index in [0.717, 1.165) is 24.3 Å². The molecule has 0 saturated heterocycles. The number of aromatic nitrogens is 1. The van der Waals surface area contributed by atoms with Crippen molar-refractivity contribution in [2.45, 2.75) is 31.8 Å². The van der Waals surface area contributed by atoms with Crippen LogP contribution in [-0.2, 0) is 7.05 Å². The van der Waals surface area contributed by atoms with Gasteiger partial charge in [-0.15, -0.1) is 0 Å². The fourth-order valence-electron chi connectivity index (χ4n) is 2.71. The molecule has 1 aliphatic rings. The molecule has 1 fully saturated rings. The number of aryl methyl sites for hydroxylation is 1. The summed E-state index contributed by atoms with van der Waals surface area (Å²) in [6.45, 7) is 0. The van der Waals surface area contributed by atoms with Crippen molar-refractivity contribution in [3.8, 4) is 5.75 Å². The number of benzene rings is 1. The summed E-state index contributed by atoms with van der Waals surface area (Å²) < 4.78 is 7.81. The highest BCUT2D eigenvalue weighted by Crippen LogP contribution is 2.24. The van der Waals surface area contributed by atoms with Gasteiger partial charge in [0.15, 0.2) is 0 Å². The highest BCUT2D eigenvalue weighted by molar-refractivity contribution is 5.94. The van der Waals surface area contributed by atoms with Crippen LogP contribution in [0.4, 0.5) is 0 Å². The topological polar surface area (TPSA) is 55.6 Å². The van der Waals surface area contributed by atoms with Crippen LogP contribution in [0.3, 0.4) is 0 Å². The van der Waals surface area contributed by atoms with Crippen LogP contribution in [0.2, 0.25) is 0 Å². The van der Waals surface area contributed by atoms with Gasteiger partial charge in [0.1, 0.15) is 5.75 Å². The second-order valence-corrected chi connectivity index (χ2v) is 5.79. The van der Waals surface area contributed by atoms with Gasteiger partial charge in [-0.2, -0.15) is 5.10 Å². The number of hydrogen-bond acceptors (Lipinski definition) is 3. The van der Waals surface area contributed by atoms with Gasteiger partial charge in [-0.3, -0.25) is 4.79 Å². The van der Waals surface area contributed by atoms with Crippen LogP contribution in [0.15, 0.2) is 47.7 Å². The van der Waals surface area contributed by atoms with E-state index in [1.807, 2.05) is 42.1 Å². The van der Waals surface area contributed by atoms with Crippen molar-refractivity contribution in [3.05, 3.63) is 53.9 Å². The highest BCUT2D eigenvalue weighted by Gasteiger charge is 2.16. The molecule has 1 aliphatic carbocycles. The molecule has 1 aromatic heterocycles. The lowest BCUT2D eigenvalue weighted by Gasteiger charge is -2.12. The van der Waals surface area contributed by atoms with Gasteiger partial charge in [-0.1, -0.05) is 0 Å². The molecule has 5 nitrogen and oxygen atoms in total. The molecule has 0 bridgehead atoms. The third kappa shape index (κ3) is 4.00. The molecule has 120 valence electrons. The number of amides is 1. The molecule has 2 aromatic rings. The predicted octanol–water partition coefficient (Wildman–Crippen LogP) is 3.11. The zero-order chi connectivity index (χ0) is 16.1. The molecular formula is C18H21N3O2. The van der Waals surface area contributed by atoms with Gasteiger partial charge >= 0.3 is 0 Å². The predicted molar refractivity (Wildman–Crippen MR) is 89.8 cm³/mol. The van der Waals surface area contributed by atoms with E-state index < -0.39 is 0 Å². The van der Waals surface area contributed by atoms with Gasteiger partial charge in [-0.05, 0) is 62.1 Å². The lowest BCUT2D eigenvalue weighted by atomic mass is 10.2. The molecule has 0 radical (unpaired) electrons. The first-order valence-corrected chi connectivity index (χ1v) is 7.94. The van der Waals surface area contributed by atoms with E-state index in [2.05, 4.69) is 10.5 Å². The van der Waals surface area contributed by atoms with E-state index in [1.54, 1.807) is 18.3 Å². The summed E-state index contributed by atoms with van der Waals surface area (Å²) in [5.74, 6) is 0.587. The zero-order valence-corrected chi connectivity index (χ0v) is 13.2. The number of hydrazone groups is 1. The summed E-state index contributed by atoms with van der Waals surface area (Å²) in [6.07, 6.45) is 8.59. The lowest BCUT2D eigenvalue weighted by molar-refractivity contribution is 0.0955. The molecule has 23 heavy (non-hydrogen) atoms. The lowest BCUT2D eigenvalue weighted by Crippen LogP contribution is -2.18. The van der Waals surface area contributed by atoms with Gasteiger partial charge in [0.2, 0.25) is 0 Å². The smallest absolute Gasteiger partial charge is 0.271 e. The van der Waals surface area contributed by atoms with E-state index in [-0.39, 0.29) is 5.91 Å².